The highest BCUT2D eigenvalue weighted by Crippen LogP contribution is 2.24. The van der Waals surface area contributed by atoms with Crippen molar-refractivity contribution < 1.29 is 4.74 Å². The number of nitrogens with zero attached hydrogens (tertiary/aromatic N) is 1. The van der Waals surface area contributed by atoms with Crippen LogP contribution in [0.4, 0.5) is 0 Å². The van der Waals surface area contributed by atoms with Crippen molar-refractivity contribution in [2.45, 2.75) is 24.8 Å². The molecule has 0 radical (unpaired) electrons. The van der Waals surface area contributed by atoms with E-state index in [0.29, 0.717) is 0 Å². The molecule has 0 unspecified atom stereocenters. The first-order valence-corrected chi connectivity index (χ1v) is 9.46. The Morgan fingerprint density at radius 1 is 1.04 bits per heavy atom. The lowest BCUT2D eigenvalue weighted by atomic mass is 10.1. The number of hydrogen-bond donors (Lipinski definition) is 0. The predicted molar refractivity (Wildman–Crippen MR) is 103 cm³/mol. The van der Waals surface area contributed by atoms with E-state index in [1.54, 1.807) is 0 Å². The second-order valence-electron chi connectivity index (χ2n) is 5.65. The normalized spacial score (nSPS) is 10.9. The number of pyridine rings is 1. The number of fused-ring (bicyclic) bond motifs is 1. The molecule has 0 amide bonds. The number of ether oxygens (including phenoxy) is 1. The molecule has 124 valence electrons. The summed E-state index contributed by atoms with van der Waals surface area (Å²) in [5, 5.41) is 3.07. The third-order valence-electron chi connectivity index (χ3n) is 3.77. The van der Waals surface area contributed by atoms with Crippen molar-refractivity contribution in [3.63, 3.8) is 0 Å². The molecule has 0 bridgehead atoms. The van der Waals surface area contributed by atoms with Crippen LogP contribution in [0.2, 0.25) is 5.02 Å². The molecule has 0 spiro atoms. The Labute approximate surface area is 152 Å². The van der Waals surface area contributed by atoms with E-state index < -0.39 is 0 Å². The van der Waals surface area contributed by atoms with E-state index in [1.165, 1.54) is 10.9 Å². The molecule has 2 aromatic carbocycles. The summed E-state index contributed by atoms with van der Waals surface area (Å²) in [5.74, 6) is 1.92. The van der Waals surface area contributed by atoms with Crippen molar-refractivity contribution in [3.05, 3.63) is 65.2 Å². The fourth-order valence-electron chi connectivity index (χ4n) is 2.49. The fraction of sp³-hybridized carbons (Fsp3) is 0.250. The third-order valence-corrected chi connectivity index (χ3v) is 5.02. The molecule has 0 saturated carbocycles. The van der Waals surface area contributed by atoms with Crippen LogP contribution < -0.4 is 4.74 Å². The van der Waals surface area contributed by atoms with Gasteiger partial charge in [-0.1, -0.05) is 29.8 Å². The molecule has 2 nitrogen and oxygen atoms in total. The first-order chi connectivity index (χ1) is 11.7. The molecule has 0 aliphatic rings. The maximum Gasteiger partial charge on any atom is 0.119 e. The molecule has 24 heavy (non-hydrogen) atoms. The van der Waals surface area contributed by atoms with Crippen LogP contribution in [0.15, 0.2) is 59.6 Å². The minimum absolute atomic E-state index is 0.729. The number of benzene rings is 2. The Bertz CT molecular complexity index is 804. The molecule has 0 aliphatic carbocycles. The van der Waals surface area contributed by atoms with Gasteiger partial charge in [-0.25, -0.2) is 4.98 Å². The van der Waals surface area contributed by atoms with Gasteiger partial charge in [-0.15, -0.1) is 11.8 Å². The van der Waals surface area contributed by atoms with Crippen LogP contribution in [0.3, 0.4) is 0 Å². The van der Waals surface area contributed by atoms with Gasteiger partial charge >= 0.3 is 0 Å². The van der Waals surface area contributed by atoms with E-state index in [2.05, 4.69) is 31.2 Å². The van der Waals surface area contributed by atoms with Crippen LogP contribution >= 0.6 is 23.4 Å². The van der Waals surface area contributed by atoms with Gasteiger partial charge in [-0.3, -0.25) is 0 Å². The maximum absolute atomic E-state index is 5.86. The number of thioether (sulfide) groups is 1. The molecule has 0 N–H and O–H groups in total. The largest absolute Gasteiger partial charge is 0.494 e. The topological polar surface area (TPSA) is 22.1 Å². The van der Waals surface area contributed by atoms with Crippen molar-refractivity contribution in [2.24, 2.45) is 0 Å². The molecule has 4 heteroatoms. The summed E-state index contributed by atoms with van der Waals surface area (Å²) in [5.41, 5.74) is 2.36. The monoisotopic (exact) mass is 357 g/mol. The van der Waals surface area contributed by atoms with Gasteiger partial charge in [0, 0.05) is 10.4 Å². The Morgan fingerprint density at radius 3 is 2.67 bits per heavy atom. The molecule has 0 aliphatic heterocycles. The molecule has 3 aromatic rings. The zero-order chi connectivity index (χ0) is 16.8. The molecule has 1 aromatic heterocycles. The Balaban J connectivity index is 1.42. The van der Waals surface area contributed by atoms with Gasteiger partial charge in [-0.05, 0) is 67.5 Å². The van der Waals surface area contributed by atoms with E-state index in [9.17, 15) is 0 Å². The van der Waals surface area contributed by atoms with Crippen LogP contribution in [0.1, 0.15) is 18.4 Å². The Hall–Kier alpha value is -1.71. The van der Waals surface area contributed by atoms with Gasteiger partial charge in [0.15, 0.2) is 0 Å². The maximum atomic E-state index is 5.86. The molecule has 0 atom stereocenters. The van der Waals surface area contributed by atoms with Crippen molar-refractivity contribution in [3.8, 4) is 5.75 Å². The molecule has 3 rings (SSSR count). The van der Waals surface area contributed by atoms with E-state index in [0.717, 1.165) is 46.5 Å². The Morgan fingerprint density at radius 2 is 1.83 bits per heavy atom. The van der Waals surface area contributed by atoms with E-state index >= 15 is 0 Å². The van der Waals surface area contributed by atoms with Gasteiger partial charge in [0.1, 0.15) is 5.75 Å². The van der Waals surface area contributed by atoms with Crippen LogP contribution in [0.25, 0.3) is 10.9 Å². The third kappa shape index (κ3) is 4.65. The average Bonchev–Trinajstić information content (AvgIpc) is 2.60. The smallest absolute Gasteiger partial charge is 0.119 e. The van der Waals surface area contributed by atoms with Crippen LogP contribution in [0.5, 0.6) is 5.75 Å². The predicted octanol–water partition coefficient (Wildman–Crippen LogP) is 6.15. The summed E-state index contributed by atoms with van der Waals surface area (Å²) >= 11 is 7.67. The highest BCUT2D eigenvalue weighted by Gasteiger charge is 2.03. The van der Waals surface area contributed by atoms with E-state index in [-0.39, 0.29) is 0 Å². The number of para-hydroxylation sites is 1. The lowest BCUT2D eigenvalue weighted by molar-refractivity contribution is 0.310. The number of unbranched alkanes of at least 4 members (excludes halogenated alkanes) is 1. The first-order valence-electron chi connectivity index (χ1n) is 8.10. The molecule has 0 fully saturated rings. The van der Waals surface area contributed by atoms with Gasteiger partial charge in [0.25, 0.3) is 0 Å². The Kier molecular flexibility index (Phi) is 6.00. The summed E-state index contributed by atoms with van der Waals surface area (Å²) in [6.45, 7) is 2.88. The van der Waals surface area contributed by atoms with Crippen molar-refractivity contribution in [2.75, 3.05) is 12.4 Å². The summed E-state index contributed by atoms with van der Waals surface area (Å²) < 4.78 is 5.71. The molecular formula is C20H20ClNOS. The number of hydrogen-bond acceptors (Lipinski definition) is 3. The first kappa shape index (κ1) is 17.1. The van der Waals surface area contributed by atoms with E-state index in [4.69, 9.17) is 21.3 Å². The quantitative estimate of drug-likeness (QED) is 0.374. The van der Waals surface area contributed by atoms with Crippen LogP contribution in [-0.4, -0.2) is 17.3 Å². The lowest BCUT2D eigenvalue weighted by Crippen LogP contribution is -1.98. The minimum Gasteiger partial charge on any atom is -0.494 e. The summed E-state index contributed by atoms with van der Waals surface area (Å²) in [4.78, 5) is 4.73. The standard InChI is InChI=1S/C20H20ClNOS/c1-15-14-20(22-19-7-3-2-6-18(15)19)24-13-5-4-12-23-17-10-8-16(21)9-11-17/h2-3,6-11,14H,4-5,12-13H2,1H3. The highest BCUT2D eigenvalue weighted by atomic mass is 35.5. The molecule has 0 saturated heterocycles. The second-order valence-corrected chi connectivity index (χ2v) is 7.20. The summed E-state index contributed by atoms with van der Waals surface area (Å²) in [6, 6.07) is 18.0. The van der Waals surface area contributed by atoms with Crippen LogP contribution in [-0.2, 0) is 0 Å². The number of aromatic nitrogens is 1. The fourth-order valence-corrected chi connectivity index (χ4v) is 3.60. The van der Waals surface area contributed by atoms with Gasteiger partial charge < -0.3 is 4.74 Å². The zero-order valence-corrected chi connectivity index (χ0v) is 15.2. The second kappa shape index (κ2) is 8.41. The minimum atomic E-state index is 0.729. The zero-order valence-electron chi connectivity index (χ0n) is 13.7. The molecule has 1 heterocycles. The lowest BCUT2D eigenvalue weighted by Gasteiger charge is -2.07. The summed E-state index contributed by atoms with van der Waals surface area (Å²) in [7, 11) is 0. The van der Waals surface area contributed by atoms with E-state index in [1.807, 2.05) is 42.1 Å². The van der Waals surface area contributed by atoms with Gasteiger partial charge in [0.05, 0.1) is 17.1 Å². The number of aryl methyl sites for hydroxylation is 1. The van der Waals surface area contributed by atoms with Crippen molar-refractivity contribution in [1.82, 2.24) is 4.98 Å². The number of rotatable bonds is 7. The highest BCUT2D eigenvalue weighted by molar-refractivity contribution is 7.99. The average molecular weight is 358 g/mol. The van der Waals surface area contributed by atoms with Crippen molar-refractivity contribution in [1.29, 1.82) is 0 Å². The van der Waals surface area contributed by atoms with Gasteiger partial charge in [0.2, 0.25) is 0 Å². The van der Waals surface area contributed by atoms with Crippen molar-refractivity contribution >= 4 is 34.3 Å². The van der Waals surface area contributed by atoms with Gasteiger partial charge in [-0.2, -0.15) is 0 Å². The SMILES string of the molecule is Cc1cc(SCCCCOc2ccc(Cl)cc2)nc2ccccc12. The summed E-state index contributed by atoms with van der Waals surface area (Å²) in [6.07, 6.45) is 2.13. The van der Waals surface area contributed by atoms with Crippen LogP contribution in [0, 0.1) is 6.92 Å². The molecular weight excluding hydrogens is 338 g/mol. The number of halogens is 1.